The fourth-order valence-electron chi connectivity index (χ4n) is 2.33. The molecule has 0 spiro atoms. The molecule has 1 aromatic carbocycles. The second-order valence-corrected chi connectivity index (χ2v) is 5.30. The molecule has 2 rings (SSSR count). The summed E-state index contributed by atoms with van der Waals surface area (Å²) < 4.78 is 18.5. The fraction of sp³-hybridized carbons (Fsp3) is 0.533. The molecule has 1 amide bonds. The van der Waals surface area contributed by atoms with Crippen molar-refractivity contribution >= 4 is 18.3 Å². The normalized spacial score (nSPS) is 22.8. The van der Waals surface area contributed by atoms with E-state index in [4.69, 9.17) is 4.74 Å². The van der Waals surface area contributed by atoms with E-state index < -0.39 is 6.10 Å². The molecule has 3 unspecified atom stereocenters. The lowest BCUT2D eigenvalue weighted by atomic mass is 9.95. The van der Waals surface area contributed by atoms with Crippen LogP contribution < -0.4 is 15.4 Å². The van der Waals surface area contributed by atoms with Crippen LogP contribution in [0.25, 0.3) is 0 Å². The van der Waals surface area contributed by atoms with E-state index in [0.29, 0.717) is 11.7 Å². The van der Waals surface area contributed by atoms with Gasteiger partial charge < -0.3 is 15.4 Å². The van der Waals surface area contributed by atoms with Crippen molar-refractivity contribution in [2.75, 3.05) is 13.1 Å². The Balaban J connectivity index is 0.00000220. The summed E-state index contributed by atoms with van der Waals surface area (Å²) in [7, 11) is 0. The summed E-state index contributed by atoms with van der Waals surface area (Å²) in [6.45, 7) is 5.60. The Labute approximate surface area is 130 Å². The number of halogens is 2. The van der Waals surface area contributed by atoms with Gasteiger partial charge in [-0.15, -0.1) is 12.4 Å². The maximum atomic E-state index is 13.1. The second kappa shape index (κ2) is 8.20. The minimum Gasteiger partial charge on any atom is -0.481 e. The van der Waals surface area contributed by atoms with Crippen LogP contribution in [0.4, 0.5) is 4.39 Å². The maximum absolute atomic E-state index is 13.1. The zero-order valence-corrected chi connectivity index (χ0v) is 13.1. The van der Waals surface area contributed by atoms with E-state index in [-0.39, 0.29) is 30.2 Å². The van der Waals surface area contributed by atoms with Crippen LogP contribution in [-0.4, -0.2) is 31.1 Å². The second-order valence-electron chi connectivity index (χ2n) is 5.30. The molecule has 118 valence electrons. The van der Waals surface area contributed by atoms with E-state index in [2.05, 4.69) is 17.6 Å². The lowest BCUT2D eigenvalue weighted by molar-refractivity contribution is -0.128. The molecule has 4 nitrogen and oxygen atoms in total. The number of carbonyl (C=O) groups excluding carboxylic acids is 1. The van der Waals surface area contributed by atoms with Crippen LogP contribution in [0.5, 0.6) is 5.75 Å². The number of piperidine rings is 1. The molecule has 0 aliphatic carbocycles. The number of hydrogen-bond donors (Lipinski definition) is 2. The zero-order chi connectivity index (χ0) is 14.5. The number of benzene rings is 1. The Morgan fingerprint density at radius 1 is 1.52 bits per heavy atom. The Kier molecular flexibility index (Phi) is 6.92. The highest BCUT2D eigenvalue weighted by atomic mass is 35.5. The summed E-state index contributed by atoms with van der Waals surface area (Å²) >= 11 is 0. The van der Waals surface area contributed by atoms with Crippen molar-refractivity contribution < 1.29 is 13.9 Å². The third-order valence-electron chi connectivity index (χ3n) is 3.59. The lowest BCUT2D eigenvalue weighted by Gasteiger charge is -2.31. The molecule has 0 aromatic heterocycles. The Hall–Kier alpha value is -1.33. The molecule has 2 N–H and O–H groups in total. The summed E-state index contributed by atoms with van der Waals surface area (Å²) in [6, 6.07) is 5.98. The summed E-state index contributed by atoms with van der Waals surface area (Å²) in [5.41, 5.74) is 0. The Morgan fingerprint density at radius 2 is 2.29 bits per heavy atom. The van der Waals surface area contributed by atoms with Gasteiger partial charge in [0.1, 0.15) is 11.6 Å². The van der Waals surface area contributed by atoms with E-state index in [9.17, 15) is 9.18 Å². The van der Waals surface area contributed by atoms with Gasteiger partial charge in [-0.05, 0) is 44.5 Å². The molecular weight excluding hydrogens is 295 g/mol. The van der Waals surface area contributed by atoms with E-state index in [1.165, 1.54) is 12.1 Å². The van der Waals surface area contributed by atoms with Crippen LogP contribution in [0, 0.1) is 11.7 Å². The molecule has 0 radical (unpaired) electrons. The van der Waals surface area contributed by atoms with E-state index >= 15 is 0 Å². The first-order chi connectivity index (χ1) is 9.56. The van der Waals surface area contributed by atoms with Crippen molar-refractivity contribution in [1.29, 1.82) is 0 Å². The quantitative estimate of drug-likeness (QED) is 0.894. The predicted molar refractivity (Wildman–Crippen MR) is 82.3 cm³/mol. The molecule has 3 atom stereocenters. The van der Waals surface area contributed by atoms with Crippen molar-refractivity contribution in [3.63, 3.8) is 0 Å². The molecule has 1 fully saturated rings. The van der Waals surface area contributed by atoms with Gasteiger partial charge in [0, 0.05) is 12.1 Å². The van der Waals surface area contributed by atoms with Gasteiger partial charge in [0.2, 0.25) is 0 Å². The number of nitrogens with one attached hydrogen (secondary N) is 2. The first kappa shape index (κ1) is 17.7. The van der Waals surface area contributed by atoms with Crippen molar-refractivity contribution in [2.45, 2.75) is 32.4 Å². The van der Waals surface area contributed by atoms with Crippen LogP contribution in [0.2, 0.25) is 0 Å². The number of ether oxygens (including phenoxy) is 1. The van der Waals surface area contributed by atoms with Gasteiger partial charge in [-0.2, -0.15) is 0 Å². The largest absolute Gasteiger partial charge is 0.481 e. The van der Waals surface area contributed by atoms with E-state index in [1.54, 1.807) is 19.1 Å². The summed E-state index contributed by atoms with van der Waals surface area (Å²) in [4.78, 5) is 12.1. The van der Waals surface area contributed by atoms with Crippen molar-refractivity contribution in [3.8, 4) is 5.75 Å². The molecule has 0 bridgehead atoms. The molecule has 1 saturated heterocycles. The van der Waals surface area contributed by atoms with Gasteiger partial charge in [-0.3, -0.25) is 4.79 Å². The minimum absolute atomic E-state index is 0. The summed E-state index contributed by atoms with van der Waals surface area (Å²) in [6.07, 6.45) is 0.276. The molecule has 1 aromatic rings. The van der Waals surface area contributed by atoms with Gasteiger partial charge in [0.05, 0.1) is 0 Å². The highest BCUT2D eigenvalue weighted by Gasteiger charge is 2.25. The predicted octanol–water partition coefficient (Wildman–Crippen LogP) is 2.13. The van der Waals surface area contributed by atoms with Gasteiger partial charge in [0.15, 0.2) is 6.10 Å². The monoisotopic (exact) mass is 316 g/mol. The topological polar surface area (TPSA) is 50.4 Å². The molecule has 21 heavy (non-hydrogen) atoms. The fourth-order valence-corrected chi connectivity index (χ4v) is 2.33. The Morgan fingerprint density at radius 3 is 2.95 bits per heavy atom. The highest BCUT2D eigenvalue weighted by Crippen LogP contribution is 2.15. The molecule has 1 aliphatic rings. The van der Waals surface area contributed by atoms with Crippen LogP contribution >= 0.6 is 12.4 Å². The number of hydrogen-bond acceptors (Lipinski definition) is 3. The van der Waals surface area contributed by atoms with Crippen LogP contribution in [0.15, 0.2) is 24.3 Å². The smallest absolute Gasteiger partial charge is 0.261 e. The third kappa shape index (κ3) is 5.17. The number of amides is 1. The summed E-state index contributed by atoms with van der Waals surface area (Å²) in [5.74, 6) is 0.232. The van der Waals surface area contributed by atoms with Gasteiger partial charge in [-0.1, -0.05) is 13.0 Å². The van der Waals surface area contributed by atoms with Crippen LogP contribution in [-0.2, 0) is 4.79 Å². The molecule has 0 saturated carbocycles. The minimum atomic E-state index is -0.640. The van der Waals surface area contributed by atoms with Gasteiger partial charge >= 0.3 is 0 Å². The SMILES string of the molecule is CC(Oc1cccc(F)c1)C(=O)NC1CCNCC1C.Cl. The third-order valence-corrected chi connectivity index (χ3v) is 3.59. The van der Waals surface area contributed by atoms with E-state index in [1.807, 2.05) is 0 Å². The molecule has 1 aliphatic heterocycles. The number of carbonyl (C=O) groups is 1. The van der Waals surface area contributed by atoms with Crippen molar-refractivity contribution in [3.05, 3.63) is 30.1 Å². The molecule has 6 heteroatoms. The summed E-state index contributed by atoms with van der Waals surface area (Å²) in [5, 5.41) is 6.29. The van der Waals surface area contributed by atoms with Crippen LogP contribution in [0.1, 0.15) is 20.3 Å². The Bertz CT molecular complexity index is 473. The van der Waals surface area contributed by atoms with E-state index in [0.717, 1.165) is 19.5 Å². The average Bonchev–Trinajstić information content (AvgIpc) is 2.41. The first-order valence-electron chi connectivity index (χ1n) is 6.99. The maximum Gasteiger partial charge on any atom is 0.261 e. The average molecular weight is 317 g/mol. The first-order valence-corrected chi connectivity index (χ1v) is 6.99. The van der Waals surface area contributed by atoms with Crippen LogP contribution in [0.3, 0.4) is 0 Å². The van der Waals surface area contributed by atoms with Crippen molar-refractivity contribution in [2.24, 2.45) is 5.92 Å². The van der Waals surface area contributed by atoms with Gasteiger partial charge in [0.25, 0.3) is 5.91 Å². The standard InChI is InChI=1S/C15H21FN2O2.ClH/c1-10-9-17-7-6-14(10)18-15(19)11(2)20-13-5-3-4-12(16)8-13;/h3-5,8,10-11,14,17H,6-7,9H2,1-2H3,(H,18,19);1H. The number of rotatable bonds is 4. The molecular formula is C15H22ClFN2O2. The van der Waals surface area contributed by atoms with Crippen molar-refractivity contribution in [1.82, 2.24) is 10.6 Å². The zero-order valence-electron chi connectivity index (χ0n) is 12.3. The highest BCUT2D eigenvalue weighted by molar-refractivity contribution is 5.85. The molecule has 1 heterocycles. The lowest BCUT2D eigenvalue weighted by Crippen LogP contribution is -2.51. The van der Waals surface area contributed by atoms with Gasteiger partial charge in [-0.25, -0.2) is 4.39 Å².